The lowest BCUT2D eigenvalue weighted by molar-refractivity contribution is 0.0600. The van der Waals surface area contributed by atoms with Crippen LogP contribution in [0.3, 0.4) is 0 Å². The minimum Gasteiger partial charge on any atom is -0.465 e. The van der Waals surface area contributed by atoms with Gasteiger partial charge in [0.2, 0.25) is 0 Å². The Balaban J connectivity index is 2.09. The molecule has 22 heavy (non-hydrogen) atoms. The van der Waals surface area contributed by atoms with Gasteiger partial charge < -0.3 is 21.1 Å². The third kappa shape index (κ3) is 4.48. The molecule has 0 atom stereocenters. The monoisotopic (exact) mass is 301 g/mol. The van der Waals surface area contributed by atoms with Gasteiger partial charge in [-0.15, -0.1) is 0 Å². The second-order valence-corrected chi connectivity index (χ2v) is 5.33. The molecule has 1 saturated heterocycles. The Hall–Kier alpha value is -2.03. The average molecular weight is 301 g/mol. The Morgan fingerprint density at radius 2 is 2.23 bits per heavy atom. The van der Waals surface area contributed by atoms with Crippen LogP contribution in [0.5, 0.6) is 0 Å². The molecule has 1 heterocycles. The lowest BCUT2D eigenvalue weighted by Gasteiger charge is -2.23. The van der Waals surface area contributed by atoms with Crippen LogP contribution in [-0.4, -0.2) is 39.3 Å². The molecule has 2 rings (SSSR count). The van der Waals surface area contributed by atoms with Crippen molar-refractivity contribution in [2.75, 3.05) is 38.6 Å². The smallest absolute Gasteiger partial charge is 0.339 e. The van der Waals surface area contributed by atoms with Gasteiger partial charge in [0.15, 0.2) is 0 Å². The molecule has 1 aromatic carbocycles. The number of rotatable bonds is 4. The normalized spacial score (nSPS) is 14.8. The average Bonchev–Trinajstić information content (AvgIpc) is 2.58. The van der Waals surface area contributed by atoms with Gasteiger partial charge in [-0.3, -0.25) is 0 Å². The van der Waals surface area contributed by atoms with Crippen LogP contribution >= 0.6 is 0 Å². The van der Waals surface area contributed by atoms with Gasteiger partial charge in [0.1, 0.15) is 0 Å². The number of carbonyl (C=O) groups is 1. The minimum absolute atomic E-state index is 0.257. The van der Waals surface area contributed by atoms with Crippen LogP contribution in [0.4, 0.5) is 5.69 Å². The molecule has 0 aromatic heterocycles. The zero-order valence-electron chi connectivity index (χ0n) is 12.9. The molecule has 0 aliphatic carbocycles. The van der Waals surface area contributed by atoms with E-state index in [2.05, 4.69) is 22.5 Å². The summed E-state index contributed by atoms with van der Waals surface area (Å²) >= 11 is 0. The van der Waals surface area contributed by atoms with E-state index in [4.69, 9.17) is 10.5 Å². The highest BCUT2D eigenvalue weighted by Crippen LogP contribution is 2.18. The summed E-state index contributed by atoms with van der Waals surface area (Å²) in [5, 5.41) is 6.80. The van der Waals surface area contributed by atoms with E-state index in [9.17, 15) is 4.79 Å². The summed E-state index contributed by atoms with van der Waals surface area (Å²) in [7, 11) is 1.37. The number of nitrogens with two attached hydrogens (primary N) is 1. The summed E-state index contributed by atoms with van der Waals surface area (Å²) in [6.45, 7) is 3.36. The van der Waals surface area contributed by atoms with Crippen molar-refractivity contribution >= 4 is 11.7 Å². The molecular weight excluding hydrogens is 278 g/mol. The first kappa shape index (κ1) is 16.3. The van der Waals surface area contributed by atoms with Gasteiger partial charge >= 0.3 is 5.97 Å². The molecule has 1 aliphatic heterocycles. The standard InChI is InChI=1S/C17H23N3O2/c1-22-17(21)16-5-4-15(11-14(16)3-2-8-18)20-12-13-6-9-19-10-7-13/h4-5,11,13,19-20H,6-10,12,18H2,1H3. The van der Waals surface area contributed by atoms with Gasteiger partial charge in [0, 0.05) is 17.8 Å². The van der Waals surface area contributed by atoms with Crippen molar-refractivity contribution in [2.45, 2.75) is 12.8 Å². The first-order chi connectivity index (χ1) is 10.7. The lowest BCUT2D eigenvalue weighted by Crippen LogP contribution is -2.31. The number of hydrogen-bond donors (Lipinski definition) is 3. The summed E-state index contributed by atoms with van der Waals surface area (Å²) in [5.41, 5.74) is 7.50. The van der Waals surface area contributed by atoms with Crippen molar-refractivity contribution in [3.8, 4) is 11.8 Å². The quantitative estimate of drug-likeness (QED) is 0.575. The number of benzene rings is 1. The fourth-order valence-electron chi connectivity index (χ4n) is 2.54. The molecule has 4 N–H and O–H groups in total. The number of hydrogen-bond acceptors (Lipinski definition) is 5. The fraction of sp³-hybridized carbons (Fsp3) is 0.471. The van der Waals surface area contributed by atoms with Crippen molar-refractivity contribution in [3.05, 3.63) is 29.3 Å². The molecule has 0 unspecified atom stereocenters. The number of anilines is 1. The Kier molecular flexibility index (Phi) is 6.26. The summed E-state index contributed by atoms with van der Waals surface area (Å²) in [6, 6.07) is 5.52. The van der Waals surface area contributed by atoms with Crippen LogP contribution in [0.1, 0.15) is 28.8 Å². The SMILES string of the molecule is COC(=O)c1ccc(NCC2CCNCC2)cc1C#CCN. The molecule has 1 fully saturated rings. The number of carbonyl (C=O) groups excluding carboxylic acids is 1. The summed E-state index contributed by atoms with van der Waals surface area (Å²) < 4.78 is 4.79. The van der Waals surface area contributed by atoms with Crippen LogP contribution in [0, 0.1) is 17.8 Å². The maximum absolute atomic E-state index is 11.8. The van der Waals surface area contributed by atoms with Gasteiger partial charge in [-0.1, -0.05) is 11.8 Å². The fourth-order valence-corrected chi connectivity index (χ4v) is 2.54. The Labute approximate surface area is 131 Å². The van der Waals surface area contributed by atoms with Crippen LogP contribution in [0.2, 0.25) is 0 Å². The maximum Gasteiger partial charge on any atom is 0.339 e. The van der Waals surface area contributed by atoms with Gasteiger partial charge in [-0.05, 0) is 50.0 Å². The largest absolute Gasteiger partial charge is 0.465 e. The van der Waals surface area contributed by atoms with E-state index in [1.165, 1.54) is 20.0 Å². The minimum atomic E-state index is -0.383. The second-order valence-electron chi connectivity index (χ2n) is 5.33. The lowest BCUT2D eigenvalue weighted by atomic mass is 9.98. The van der Waals surface area contributed by atoms with E-state index in [1.807, 2.05) is 12.1 Å². The number of nitrogens with one attached hydrogen (secondary N) is 2. The third-order valence-corrected chi connectivity index (χ3v) is 3.80. The highest BCUT2D eigenvalue weighted by Gasteiger charge is 2.14. The number of methoxy groups -OCH3 is 1. The molecule has 118 valence electrons. The highest BCUT2D eigenvalue weighted by molar-refractivity contribution is 5.93. The van der Waals surface area contributed by atoms with Gasteiger partial charge in [-0.2, -0.15) is 0 Å². The molecule has 5 nitrogen and oxygen atoms in total. The highest BCUT2D eigenvalue weighted by atomic mass is 16.5. The van der Waals surface area contributed by atoms with Crippen LogP contribution < -0.4 is 16.4 Å². The topological polar surface area (TPSA) is 76.4 Å². The van der Waals surface area contributed by atoms with Gasteiger partial charge in [0.25, 0.3) is 0 Å². The molecule has 0 bridgehead atoms. The zero-order valence-corrected chi connectivity index (χ0v) is 12.9. The van der Waals surface area contributed by atoms with Crippen molar-refractivity contribution < 1.29 is 9.53 Å². The number of esters is 1. The molecule has 1 aromatic rings. The third-order valence-electron chi connectivity index (χ3n) is 3.80. The van der Waals surface area contributed by atoms with Crippen LogP contribution in [0.15, 0.2) is 18.2 Å². The van der Waals surface area contributed by atoms with E-state index < -0.39 is 0 Å². The Morgan fingerprint density at radius 1 is 1.45 bits per heavy atom. The second kappa shape index (κ2) is 8.42. The van der Waals surface area contributed by atoms with E-state index in [0.29, 0.717) is 17.0 Å². The summed E-state index contributed by atoms with van der Waals surface area (Å²) in [5.74, 6) is 6.03. The van der Waals surface area contributed by atoms with E-state index >= 15 is 0 Å². The molecular formula is C17H23N3O2. The molecule has 0 radical (unpaired) electrons. The Bertz CT molecular complexity index is 569. The molecule has 0 amide bonds. The zero-order chi connectivity index (χ0) is 15.8. The Morgan fingerprint density at radius 3 is 2.91 bits per heavy atom. The van der Waals surface area contributed by atoms with Crippen LogP contribution in [-0.2, 0) is 4.74 Å². The van der Waals surface area contributed by atoms with Crippen LogP contribution in [0.25, 0.3) is 0 Å². The summed E-state index contributed by atoms with van der Waals surface area (Å²) in [4.78, 5) is 11.8. The van der Waals surface area contributed by atoms with E-state index in [-0.39, 0.29) is 12.5 Å². The van der Waals surface area contributed by atoms with Crippen molar-refractivity contribution in [1.29, 1.82) is 0 Å². The van der Waals surface area contributed by atoms with E-state index in [0.717, 1.165) is 25.3 Å². The number of piperidine rings is 1. The maximum atomic E-state index is 11.8. The predicted molar refractivity (Wildman–Crippen MR) is 87.8 cm³/mol. The van der Waals surface area contributed by atoms with Crippen molar-refractivity contribution in [2.24, 2.45) is 11.7 Å². The predicted octanol–water partition coefficient (Wildman–Crippen LogP) is 1.19. The summed E-state index contributed by atoms with van der Waals surface area (Å²) in [6.07, 6.45) is 2.38. The van der Waals surface area contributed by atoms with E-state index in [1.54, 1.807) is 6.07 Å². The number of ether oxygens (including phenoxy) is 1. The first-order valence-corrected chi connectivity index (χ1v) is 7.60. The van der Waals surface area contributed by atoms with Gasteiger partial charge in [-0.25, -0.2) is 4.79 Å². The van der Waals surface area contributed by atoms with Crippen molar-refractivity contribution in [3.63, 3.8) is 0 Å². The molecule has 0 spiro atoms. The molecule has 1 aliphatic rings. The molecule has 0 saturated carbocycles. The van der Waals surface area contributed by atoms with Gasteiger partial charge in [0.05, 0.1) is 19.2 Å². The molecule has 5 heteroatoms. The van der Waals surface area contributed by atoms with Crippen molar-refractivity contribution in [1.82, 2.24) is 5.32 Å². The first-order valence-electron chi connectivity index (χ1n) is 7.60.